The van der Waals surface area contributed by atoms with Gasteiger partial charge in [-0.3, -0.25) is 4.99 Å². The SMILES string of the molecule is CC(C)(CBr)C1=C=CC/C=C\C=N1. The Hall–Kier alpha value is -0.590. The van der Waals surface area contributed by atoms with Gasteiger partial charge in [0.2, 0.25) is 0 Å². The van der Waals surface area contributed by atoms with E-state index in [4.69, 9.17) is 0 Å². The highest BCUT2D eigenvalue weighted by molar-refractivity contribution is 9.09. The molecule has 1 aliphatic heterocycles. The van der Waals surface area contributed by atoms with Crippen LogP contribution >= 0.6 is 15.9 Å². The van der Waals surface area contributed by atoms with Gasteiger partial charge in [0.1, 0.15) is 0 Å². The molecule has 0 aromatic heterocycles. The van der Waals surface area contributed by atoms with Gasteiger partial charge in [-0.15, -0.1) is 5.73 Å². The zero-order valence-corrected chi connectivity index (χ0v) is 9.63. The van der Waals surface area contributed by atoms with Gasteiger partial charge in [0, 0.05) is 17.0 Å². The molecule has 0 aliphatic carbocycles. The van der Waals surface area contributed by atoms with Crippen molar-refractivity contribution < 1.29 is 0 Å². The molecule has 0 N–H and O–H groups in total. The highest BCUT2D eigenvalue weighted by Gasteiger charge is 2.21. The van der Waals surface area contributed by atoms with E-state index in [0.717, 1.165) is 17.4 Å². The summed E-state index contributed by atoms with van der Waals surface area (Å²) in [6.45, 7) is 4.31. The summed E-state index contributed by atoms with van der Waals surface area (Å²) in [5.74, 6) is 0. The highest BCUT2D eigenvalue weighted by Crippen LogP contribution is 2.28. The van der Waals surface area contributed by atoms with Gasteiger partial charge in [-0.2, -0.15) is 0 Å². The Bertz CT molecular complexity index is 291. The summed E-state index contributed by atoms with van der Waals surface area (Å²) >= 11 is 3.48. The van der Waals surface area contributed by atoms with Crippen molar-refractivity contribution in [1.82, 2.24) is 0 Å². The molecule has 0 amide bonds. The van der Waals surface area contributed by atoms with Crippen LogP contribution in [0.4, 0.5) is 0 Å². The average molecular weight is 240 g/mol. The predicted molar refractivity (Wildman–Crippen MR) is 61.4 cm³/mol. The first-order valence-electron chi connectivity index (χ1n) is 4.37. The van der Waals surface area contributed by atoms with E-state index in [9.17, 15) is 0 Å². The van der Waals surface area contributed by atoms with E-state index in [2.05, 4.69) is 46.6 Å². The lowest BCUT2D eigenvalue weighted by molar-refractivity contribution is 0.515. The molecule has 1 nitrogen and oxygen atoms in total. The molecule has 0 saturated heterocycles. The minimum Gasteiger partial charge on any atom is -0.252 e. The van der Waals surface area contributed by atoms with E-state index >= 15 is 0 Å². The second-order valence-electron chi connectivity index (χ2n) is 3.66. The summed E-state index contributed by atoms with van der Waals surface area (Å²) in [5.41, 5.74) is 4.29. The lowest BCUT2D eigenvalue weighted by Gasteiger charge is -2.20. The number of allylic oxidation sites excluding steroid dienone is 3. The summed E-state index contributed by atoms with van der Waals surface area (Å²) in [6.07, 6.45) is 8.83. The first-order chi connectivity index (χ1) is 6.17. The fourth-order valence-corrected chi connectivity index (χ4v) is 1.22. The minimum absolute atomic E-state index is 0.0538. The normalized spacial score (nSPS) is 19.2. The largest absolute Gasteiger partial charge is 0.252 e. The summed E-state index contributed by atoms with van der Waals surface area (Å²) in [5, 5.41) is 0.900. The lowest BCUT2D eigenvalue weighted by atomic mass is 9.92. The quantitative estimate of drug-likeness (QED) is 0.517. The molecule has 1 aliphatic rings. The number of halogens is 1. The van der Waals surface area contributed by atoms with Crippen LogP contribution in [0.5, 0.6) is 0 Å². The molecule has 0 atom stereocenters. The number of aliphatic imine (C=N–C) groups is 1. The van der Waals surface area contributed by atoms with Crippen molar-refractivity contribution >= 4 is 22.1 Å². The first-order valence-corrected chi connectivity index (χ1v) is 5.50. The fourth-order valence-electron chi connectivity index (χ4n) is 0.951. The third-order valence-corrected chi connectivity index (χ3v) is 3.30. The van der Waals surface area contributed by atoms with Crippen molar-refractivity contribution in [1.29, 1.82) is 0 Å². The van der Waals surface area contributed by atoms with E-state index in [0.29, 0.717) is 0 Å². The molecule has 0 unspecified atom stereocenters. The molecule has 0 aromatic rings. The van der Waals surface area contributed by atoms with Crippen molar-refractivity contribution in [2.75, 3.05) is 5.33 Å². The second-order valence-corrected chi connectivity index (χ2v) is 4.22. The smallest absolute Gasteiger partial charge is 0.0882 e. The molecule has 0 bridgehead atoms. The topological polar surface area (TPSA) is 12.4 Å². The van der Waals surface area contributed by atoms with Crippen LogP contribution in [0.3, 0.4) is 0 Å². The van der Waals surface area contributed by atoms with E-state index < -0.39 is 0 Å². The molecule has 2 heteroatoms. The van der Waals surface area contributed by atoms with Gasteiger partial charge in [0.25, 0.3) is 0 Å². The van der Waals surface area contributed by atoms with Gasteiger partial charge in [0.15, 0.2) is 0 Å². The minimum atomic E-state index is 0.0538. The zero-order valence-electron chi connectivity index (χ0n) is 8.05. The molecule has 0 spiro atoms. The third kappa shape index (κ3) is 2.98. The molecular formula is C11H14BrN. The van der Waals surface area contributed by atoms with Crippen LogP contribution < -0.4 is 0 Å². The van der Waals surface area contributed by atoms with E-state index in [1.807, 2.05) is 18.4 Å². The maximum Gasteiger partial charge on any atom is 0.0882 e. The van der Waals surface area contributed by atoms with Crippen LogP contribution in [0.15, 0.2) is 34.6 Å². The predicted octanol–water partition coefficient (Wildman–Crippen LogP) is 3.48. The summed E-state index contributed by atoms with van der Waals surface area (Å²) in [6, 6.07) is 0. The molecule has 1 rings (SSSR count). The molecule has 0 radical (unpaired) electrons. The number of hydrogen-bond acceptors (Lipinski definition) is 1. The Morgan fingerprint density at radius 3 is 3.08 bits per heavy atom. The number of alkyl halides is 1. The van der Waals surface area contributed by atoms with Crippen molar-refractivity contribution in [3.8, 4) is 0 Å². The second kappa shape index (κ2) is 4.59. The number of nitrogens with zero attached hydrogens (tertiary/aromatic N) is 1. The van der Waals surface area contributed by atoms with Gasteiger partial charge in [-0.25, -0.2) is 0 Å². The zero-order chi connectivity index (χ0) is 9.73. The first kappa shape index (κ1) is 10.5. The molecular weight excluding hydrogens is 226 g/mol. The van der Waals surface area contributed by atoms with Crippen LogP contribution in [0.25, 0.3) is 0 Å². The maximum absolute atomic E-state index is 4.36. The van der Waals surface area contributed by atoms with Gasteiger partial charge in [0.05, 0.1) is 5.70 Å². The van der Waals surface area contributed by atoms with Crippen molar-refractivity contribution in [2.24, 2.45) is 10.4 Å². The van der Waals surface area contributed by atoms with Gasteiger partial charge >= 0.3 is 0 Å². The van der Waals surface area contributed by atoms with Gasteiger partial charge < -0.3 is 0 Å². The number of hydrogen-bond donors (Lipinski definition) is 0. The highest BCUT2D eigenvalue weighted by atomic mass is 79.9. The molecule has 0 aromatic carbocycles. The fraction of sp³-hybridized carbons (Fsp3) is 0.455. The Labute approximate surface area is 88.1 Å². The summed E-state index contributed by atoms with van der Waals surface area (Å²) in [7, 11) is 0. The van der Waals surface area contributed by atoms with Crippen LogP contribution in [0.2, 0.25) is 0 Å². The van der Waals surface area contributed by atoms with E-state index in [1.165, 1.54) is 0 Å². The van der Waals surface area contributed by atoms with Crippen molar-refractivity contribution in [3.63, 3.8) is 0 Å². The van der Waals surface area contributed by atoms with Crippen LogP contribution in [-0.2, 0) is 0 Å². The molecule has 13 heavy (non-hydrogen) atoms. The number of rotatable bonds is 2. The molecule has 0 saturated carbocycles. The van der Waals surface area contributed by atoms with Gasteiger partial charge in [-0.1, -0.05) is 35.9 Å². The summed E-state index contributed by atoms with van der Waals surface area (Å²) < 4.78 is 0. The molecule has 0 fully saturated rings. The Morgan fingerprint density at radius 2 is 2.38 bits per heavy atom. The summed E-state index contributed by atoms with van der Waals surface area (Å²) in [4.78, 5) is 4.36. The van der Waals surface area contributed by atoms with Gasteiger partial charge in [-0.05, 0) is 18.6 Å². The Balaban J connectivity index is 2.96. The average Bonchev–Trinajstić information content (AvgIpc) is 2.03. The van der Waals surface area contributed by atoms with Crippen LogP contribution in [0.1, 0.15) is 20.3 Å². The van der Waals surface area contributed by atoms with Crippen LogP contribution in [-0.4, -0.2) is 11.5 Å². The molecule has 1 heterocycles. The molecule has 70 valence electrons. The van der Waals surface area contributed by atoms with E-state index in [1.54, 1.807) is 0 Å². The monoisotopic (exact) mass is 239 g/mol. The lowest BCUT2D eigenvalue weighted by Crippen LogP contribution is -2.14. The Morgan fingerprint density at radius 1 is 1.62 bits per heavy atom. The van der Waals surface area contributed by atoms with Crippen molar-refractivity contribution in [2.45, 2.75) is 20.3 Å². The standard InChI is InChI=1S/C11H14BrN/c1-11(2,9-12)10-7-5-3-4-6-8-13-10/h4-6,8H,3,9H2,1-2H3/b6-4-,13-8?. The van der Waals surface area contributed by atoms with Crippen LogP contribution in [0, 0.1) is 5.41 Å². The third-order valence-electron chi connectivity index (χ3n) is 1.89. The Kier molecular flexibility index (Phi) is 3.71. The van der Waals surface area contributed by atoms with Crippen molar-refractivity contribution in [3.05, 3.63) is 29.7 Å². The van der Waals surface area contributed by atoms with E-state index in [-0.39, 0.29) is 5.41 Å². The maximum atomic E-state index is 4.36.